The molecule has 0 aromatic rings. The third kappa shape index (κ3) is 2.27. The molecule has 0 bridgehead atoms. The summed E-state index contributed by atoms with van der Waals surface area (Å²) in [5, 5.41) is 18.4. The standard InChI is InChI=1S/C10H11O7S.Na/c1-5-3-4-7(8(11)12)6(2)10(5,9(13)14)18(15,16)17;/h4,6H,1-2H3,(H,11,12)(H,13,14)(H,15,16,17);. The van der Waals surface area contributed by atoms with Gasteiger partial charge >= 0.3 is 127 Å². The molecule has 9 heteroatoms. The molecule has 0 aromatic heterocycles. The van der Waals surface area contributed by atoms with Crippen LogP contribution in [0.1, 0.15) is 13.8 Å². The van der Waals surface area contributed by atoms with Crippen molar-refractivity contribution in [3.8, 4) is 0 Å². The quantitative estimate of drug-likeness (QED) is 0.486. The van der Waals surface area contributed by atoms with Gasteiger partial charge in [-0.3, -0.25) is 0 Å². The molecule has 0 aromatic carbocycles. The summed E-state index contributed by atoms with van der Waals surface area (Å²) < 4.78 is 30.3. The van der Waals surface area contributed by atoms with E-state index in [0.29, 0.717) is 2.82 Å². The molecule has 3 N–H and O–H groups in total. The van der Waals surface area contributed by atoms with Gasteiger partial charge in [-0.1, -0.05) is 0 Å². The number of hydrogen-bond acceptors (Lipinski definition) is 4. The van der Waals surface area contributed by atoms with Crippen molar-refractivity contribution < 1.29 is 32.8 Å². The van der Waals surface area contributed by atoms with Gasteiger partial charge in [0.25, 0.3) is 0 Å². The van der Waals surface area contributed by atoms with Gasteiger partial charge in [-0.2, -0.15) is 0 Å². The van der Waals surface area contributed by atoms with Crippen LogP contribution in [0.4, 0.5) is 0 Å². The van der Waals surface area contributed by atoms with E-state index in [1.807, 2.05) is 0 Å². The van der Waals surface area contributed by atoms with Crippen molar-refractivity contribution in [1.29, 1.82) is 0 Å². The van der Waals surface area contributed by atoms with Gasteiger partial charge in [-0.05, 0) is 0 Å². The summed E-state index contributed by atoms with van der Waals surface area (Å²) in [7, 11) is -5.02. The van der Waals surface area contributed by atoms with Crippen molar-refractivity contribution in [3.63, 3.8) is 0 Å². The molecule has 0 fully saturated rings. The Morgan fingerprint density at radius 2 is 1.84 bits per heavy atom. The number of rotatable bonds is 3. The van der Waals surface area contributed by atoms with E-state index in [1.165, 1.54) is 19.9 Å². The van der Waals surface area contributed by atoms with E-state index in [-0.39, 0.29) is 39.1 Å². The zero-order chi connectivity index (χ0) is 15.2. The second-order valence-corrected chi connectivity index (χ2v) is 7.12. The van der Waals surface area contributed by atoms with Crippen LogP contribution in [0.5, 0.6) is 0 Å². The number of allylic oxidation sites excluding steroid dienone is 2. The van der Waals surface area contributed by atoms with E-state index in [2.05, 4.69) is 0 Å². The van der Waals surface area contributed by atoms with Crippen molar-refractivity contribution >= 4 is 50.0 Å². The first-order valence-corrected chi connectivity index (χ1v) is 7.75. The Morgan fingerprint density at radius 3 is 2.16 bits per heavy atom. The van der Waals surface area contributed by atoms with E-state index in [4.69, 9.17) is 5.11 Å². The average Bonchev–Trinajstić information content (AvgIpc) is 2.21. The van der Waals surface area contributed by atoms with Crippen molar-refractivity contribution in [2.75, 3.05) is 0 Å². The van der Waals surface area contributed by atoms with Crippen molar-refractivity contribution in [3.05, 3.63) is 20.0 Å². The number of carboxylic acids is 2. The van der Waals surface area contributed by atoms with Crippen LogP contribution in [0.2, 0.25) is 0 Å². The summed E-state index contributed by atoms with van der Waals surface area (Å²) in [6.45, 7) is 2.45. The molecule has 0 aliphatic heterocycles. The summed E-state index contributed by atoms with van der Waals surface area (Å²) >= 11 is 0.261. The van der Waals surface area contributed by atoms with E-state index in [0.717, 1.165) is 0 Å². The Bertz CT molecular complexity index is 616. The van der Waals surface area contributed by atoms with Crippen LogP contribution < -0.4 is 0 Å². The predicted octanol–water partition coefficient (Wildman–Crippen LogP) is -0.199. The SMILES string of the molecule is CC1=[C]([Na])C=C(C(=O)O)C(C)C1(C(=O)O)S(=O)(=O)O. The first-order valence-electron chi connectivity index (χ1n) is 5.31. The molecule has 2 atom stereocenters. The molecule has 1 rings (SSSR count). The minimum atomic E-state index is -5.02. The number of carbonyl (C=O) groups is 2. The van der Waals surface area contributed by atoms with Gasteiger partial charge in [0.15, 0.2) is 0 Å². The molecule has 0 saturated heterocycles. The fourth-order valence-electron chi connectivity index (χ4n) is 2.42. The first-order chi connectivity index (χ1) is 8.47. The molecular formula is C10H11NaO7S. The van der Waals surface area contributed by atoms with E-state index in [1.54, 1.807) is 0 Å². The normalized spacial score (nSPS) is 28.1. The van der Waals surface area contributed by atoms with Crippen LogP contribution in [0.3, 0.4) is 0 Å². The van der Waals surface area contributed by atoms with E-state index in [9.17, 15) is 27.7 Å². The summed E-state index contributed by atoms with van der Waals surface area (Å²) in [4.78, 5) is 22.6. The first kappa shape index (κ1) is 16.4. The van der Waals surface area contributed by atoms with Crippen molar-refractivity contribution in [2.24, 2.45) is 5.92 Å². The molecule has 0 radical (unpaired) electrons. The van der Waals surface area contributed by atoms with E-state index >= 15 is 0 Å². The van der Waals surface area contributed by atoms with Crippen LogP contribution in [0.15, 0.2) is 20.0 Å². The molecule has 0 heterocycles. The van der Waals surface area contributed by atoms with Gasteiger partial charge in [0.05, 0.1) is 0 Å². The van der Waals surface area contributed by atoms with Gasteiger partial charge in [0, 0.05) is 0 Å². The molecule has 19 heavy (non-hydrogen) atoms. The zero-order valence-corrected chi connectivity index (χ0v) is 13.4. The molecule has 7 nitrogen and oxygen atoms in total. The second-order valence-electron chi connectivity index (χ2n) is 4.45. The Kier molecular flexibility index (Phi) is 4.33. The summed E-state index contributed by atoms with van der Waals surface area (Å²) in [6, 6.07) is 0. The van der Waals surface area contributed by atoms with Crippen LogP contribution >= 0.6 is 0 Å². The van der Waals surface area contributed by atoms with E-state index < -0.39 is 32.7 Å². The summed E-state index contributed by atoms with van der Waals surface area (Å²) in [6.07, 6.45) is 1.28. The molecule has 0 amide bonds. The molecule has 100 valence electrons. The van der Waals surface area contributed by atoms with Crippen molar-refractivity contribution in [1.82, 2.24) is 0 Å². The number of hydrogen-bond donors (Lipinski definition) is 3. The monoisotopic (exact) mass is 298 g/mol. The van der Waals surface area contributed by atoms with Crippen molar-refractivity contribution in [2.45, 2.75) is 18.6 Å². The number of aliphatic carboxylic acids is 2. The maximum atomic E-state index is 11.6. The molecule has 0 spiro atoms. The Labute approximate surface area is 127 Å². The van der Waals surface area contributed by atoms with Crippen LogP contribution in [0.25, 0.3) is 0 Å². The van der Waals surface area contributed by atoms with Crippen LogP contribution in [-0.4, -0.2) is 67.8 Å². The summed E-state index contributed by atoms with van der Waals surface area (Å²) in [5.74, 6) is -4.57. The Hall–Kier alpha value is -0.670. The van der Waals surface area contributed by atoms with Gasteiger partial charge in [-0.25, -0.2) is 0 Å². The number of carboxylic acid groups (broad SMARTS) is 2. The molecule has 0 saturated carbocycles. The zero-order valence-electron chi connectivity index (χ0n) is 10.5. The maximum absolute atomic E-state index is 11.6. The third-order valence-corrected chi connectivity index (χ3v) is 6.26. The molecular weight excluding hydrogens is 287 g/mol. The average molecular weight is 298 g/mol. The Morgan fingerprint density at radius 1 is 1.37 bits per heavy atom. The molecule has 1 aliphatic rings. The predicted molar refractivity (Wildman–Crippen MR) is 65.3 cm³/mol. The fraction of sp³-hybridized carbons (Fsp3) is 0.400. The van der Waals surface area contributed by atoms with Crippen LogP contribution in [0, 0.1) is 5.92 Å². The van der Waals surface area contributed by atoms with Gasteiger partial charge in [0.1, 0.15) is 0 Å². The second kappa shape index (κ2) is 5.02. The van der Waals surface area contributed by atoms with Crippen LogP contribution in [-0.2, 0) is 19.7 Å². The minimum absolute atomic E-state index is 0.0355. The third-order valence-electron chi connectivity index (χ3n) is 3.57. The topological polar surface area (TPSA) is 129 Å². The molecule has 2 unspecified atom stereocenters. The van der Waals surface area contributed by atoms with Gasteiger partial charge in [-0.15, -0.1) is 0 Å². The Balaban J connectivity index is 3.81. The summed E-state index contributed by atoms with van der Waals surface area (Å²) in [5.41, 5.74) is -0.373. The molecule has 1 aliphatic carbocycles. The van der Waals surface area contributed by atoms with Gasteiger partial charge < -0.3 is 0 Å². The fourth-order valence-corrected chi connectivity index (χ4v) is 4.65. The van der Waals surface area contributed by atoms with Gasteiger partial charge in [0.2, 0.25) is 0 Å².